The molecule has 1 saturated heterocycles. The molecule has 0 aromatic carbocycles. The quantitative estimate of drug-likeness (QED) is 0.816. The lowest BCUT2D eigenvalue weighted by Crippen LogP contribution is -2.51. The molecule has 1 heterocycles. The summed E-state index contributed by atoms with van der Waals surface area (Å²) in [6.45, 7) is 10.6. The maximum absolute atomic E-state index is 6.15. The van der Waals surface area contributed by atoms with Gasteiger partial charge in [0.2, 0.25) is 0 Å². The van der Waals surface area contributed by atoms with Gasteiger partial charge in [0.25, 0.3) is 0 Å². The van der Waals surface area contributed by atoms with Crippen molar-refractivity contribution in [3.05, 3.63) is 0 Å². The molecule has 2 rings (SSSR count). The molecule has 1 aliphatic heterocycles. The van der Waals surface area contributed by atoms with Crippen molar-refractivity contribution in [1.29, 1.82) is 0 Å². The summed E-state index contributed by atoms with van der Waals surface area (Å²) in [6, 6.07) is 0. The van der Waals surface area contributed by atoms with Crippen LogP contribution in [0.1, 0.15) is 59.3 Å². The number of nitrogens with zero attached hydrogens (tertiary/aromatic N) is 1. The van der Waals surface area contributed by atoms with Crippen LogP contribution in [0.2, 0.25) is 0 Å². The van der Waals surface area contributed by atoms with Gasteiger partial charge in [-0.2, -0.15) is 0 Å². The Balaban J connectivity index is 2.01. The number of likely N-dealkylation sites (tertiary alicyclic amines) is 1. The first-order chi connectivity index (χ1) is 8.01. The maximum Gasteiger partial charge on any atom is 0.0337 e. The van der Waals surface area contributed by atoms with Gasteiger partial charge >= 0.3 is 0 Å². The molecule has 0 amide bonds. The summed E-state index contributed by atoms with van der Waals surface area (Å²) < 4.78 is 0. The Morgan fingerprint density at radius 1 is 1.29 bits per heavy atom. The number of hydrogen-bond acceptors (Lipinski definition) is 2. The predicted molar refractivity (Wildman–Crippen MR) is 74.0 cm³/mol. The molecule has 2 nitrogen and oxygen atoms in total. The van der Waals surface area contributed by atoms with E-state index in [-0.39, 0.29) is 0 Å². The van der Waals surface area contributed by atoms with Crippen LogP contribution in [0.25, 0.3) is 0 Å². The van der Waals surface area contributed by atoms with Crippen molar-refractivity contribution < 1.29 is 0 Å². The molecular weight excluding hydrogens is 208 g/mol. The molecule has 2 fully saturated rings. The van der Waals surface area contributed by atoms with Gasteiger partial charge < -0.3 is 5.73 Å². The second kappa shape index (κ2) is 4.89. The largest absolute Gasteiger partial charge is 0.329 e. The first-order valence-corrected chi connectivity index (χ1v) is 7.46. The summed E-state index contributed by atoms with van der Waals surface area (Å²) in [5, 5.41) is 0. The van der Waals surface area contributed by atoms with Crippen molar-refractivity contribution in [2.75, 3.05) is 19.6 Å². The average molecular weight is 238 g/mol. The minimum Gasteiger partial charge on any atom is -0.329 e. The van der Waals surface area contributed by atoms with Gasteiger partial charge in [0.1, 0.15) is 0 Å². The van der Waals surface area contributed by atoms with Crippen LogP contribution < -0.4 is 5.73 Å². The van der Waals surface area contributed by atoms with E-state index in [0.29, 0.717) is 11.0 Å². The zero-order valence-corrected chi connectivity index (χ0v) is 12.0. The monoisotopic (exact) mass is 238 g/mol. The molecule has 2 aliphatic rings. The second-order valence-electron chi connectivity index (χ2n) is 7.16. The van der Waals surface area contributed by atoms with Crippen molar-refractivity contribution in [3.8, 4) is 0 Å². The molecule has 17 heavy (non-hydrogen) atoms. The van der Waals surface area contributed by atoms with E-state index in [1.165, 1.54) is 51.6 Å². The molecule has 0 bridgehead atoms. The summed E-state index contributed by atoms with van der Waals surface area (Å²) >= 11 is 0. The fourth-order valence-corrected chi connectivity index (χ4v) is 4.12. The van der Waals surface area contributed by atoms with E-state index < -0.39 is 0 Å². The highest BCUT2D eigenvalue weighted by atomic mass is 15.2. The third-order valence-electron chi connectivity index (χ3n) is 5.11. The van der Waals surface area contributed by atoms with E-state index in [1.807, 2.05) is 0 Å². The summed E-state index contributed by atoms with van der Waals surface area (Å²) in [5.74, 6) is 0.937. The molecule has 0 aromatic heterocycles. The minimum atomic E-state index is 0.339. The summed E-state index contributed by atoms with van der Waals surface area (Å²) in [4.78, 5) is 2.74. The lowest BCUT2D eigenvalue weighted by Gasteiger charge is -2.39. The van der Waals surface area contributed by atoms with Gasteiger partial charge in [-0.1, -0.05) is 27.2 Å². The Kier molecular flexibility index (Phi) is 3.84. The van der Waals surface area contributed by atoms with Crippen LogP contribution in [0.15, 0.2) is 0 Å². The highest BCUT2D eigenvalue weighted by Crippen LogP contribution is 2.47. The van der Waals surface area contributed by atoms with Crippen LogP contribution >= 0.6 is 0 Å². The maximum atomic E-state index is 6.15. The standard InChI is InChI=1S/C15H30N2/c1-4-5-13-6-9-17(10-13)15(12-16)8-7-14(2,3)11-15/h13H,4-12,16H2,1-3H3. The van der Waals surface area contributed by atoms with Crippen molar-refractivity contribution in [2.45, 2.75) is 64.8 Å². The fraction of sp³-hybridized carbons (Fsp3) is 1.00. The Morgan fingerprint density at radius 3 is 2.59 bits per heavy atom. The van der Waals surface area contributed by atoms with Gasteiger partial charge in [0, 0.05) is 18.6 Å². The number of rotatable bonds is 4. The van der Waals surface area contributed by atoms with E-state index in [4.69, 9.17) is 5.73 Å². The first-order valence-electron chi connectivity index (χ1n) is 7.46. The summed E-state index contributed by atoms with van der Waals surface area (Å²) in [6.07, 6.45) is 8.10. The van der Waals surface area contributed by atoms with Crippen molar-refractivity contribution in [3.63, 3.8) is 0 Å². The Bertz CT molecular complexity index is 262. The van der Waals surface area contributed by atoms with Crippen LogP contribution in [-0.2, 0) is 0 Å². The van der Waals surface area contributed by atoms with Crippen LogP contribution in [0.3, 0.4) is 0 Å². The lowest BCUT2D eigenvalue weighted by molar-refractivity contribution is 0.112. The minimum absolute atomic E-state index is 0.339. The second-order valence-corrected chi connectivity index (χ2v) is 7.16. The average Bonchev–Trinajstić information content (AvgIpc) is 2.84. The topological polar surface area (TPSA) is 29.3 Å². The number of hydrogen-bond donors (Lipinski definition) is 1. The molecule has 100 valence electrons. The van der Waals surface area contributed by atoms with Crippen LogP contribution in [-0.4, -0.2) is 30.1 Å². The van der Waals surface area contributed by atoms with Gasteiger partial charge in [-0.05, 0) is 50.0 Å². The van der Waals surface area contributed by atoms with Crippen LogP contribution in [0.5, 0.6) is 0 Å². The zero-order valence-electron chi connectivity index (χ0n) is 12.0. The van der Waals surface area contributed by atoms with E-state index >= 15 is 0 Å². The Morgan fingerprint density at radius 2 is 2.06 bits per heavy atom. The predicted octanol–water partition coefficient (Wildman–Crippen LogP) is 3.02. The molecule has 2 atom stereocenters. The molecule has 1 saturated carbocycles. The van der Waals surface area contributed by atoms with E-state index in [1.54, 1.807) is 0 Å². The third kappa shape index (κ3) is 2.68. The molecule has 0 radical (unpaired) electrons. The molecule has 2 N–H and O–H groups in total. The Hall–Kier alpha value is -0.0800. The Labute approximate surface area is 107 Å². The normalized spacial score (nSPS) is 37.8. The highest BCUT2D eigenvalue weighted by molar-refractivity contribution is 5.03. The molecule has 0 spiro atoms. The SMILES string of the molecule is CCCC1CCN(C2(CN)CCC(C)(C)C2)C1. The van der Waals surface area contributed by atoms with Gasteiger partial charge in [-0.25, -0.2) is 0 Å². The number of nitrogens with two attached hydrogens (primary N) is 1. The van der Waals surface area contributed by atoms with E-state index in [2.05, 4.69) is 25.7 Å². The van der Waals surface area contributed by atoms with Crippen LogP contribution in [0, 0.1) is 11.3 Å². The van der Waals surface area contributed by atoms with Gasteiger partial charge in [-0.3, -0.25) is 4.90 Å². The van der Waals surface area contributed by atoms with E-state index in [9.17, 15) is 0 Å². The highest BCUT2D eigenvalue weighted by Gasteiger charge is 2.47. The van der Waals surface area contributed by atoms with Gasteiger partial charge in [0.05, 0.1) is 0 Å². The van der Waals surface area contributed by atoms with Crippen molar-refractivity contribution in [1.82, 2.24) is 4.90 Å². The summed E-state index contributed by atoms with van der Waals surface area (Å²) in [7, 11) is 0. The van der Waals surface area contributed by atoms with Crippen molar-refractivity contribution in [2.24, 2.45) is 17.1 Å². The van der Waals surface area contributed by atoms with E-state index in [0.717, 1.165) is 12.5 Å². The third-order valence-corrected chi connectivity index (χ3v) is 5.11. The smallest absolute Gasteiger partial charge is 0.0337 e. The molecule has 2 unspecified atom stereocenters. The van der Waals surface area contributed by atoms with Crippen molar-refractivity contribution >= 4 is 0 Å². The zero-order chi connectivity index (χ0) is 12.5. The molecule has 0 aromatic rings. The van der Waals surface area contributed by atoms with Crippen LogP contribution in [0.4, 0.5) is 0 Å². The van der Waals surface area contributed by atoms with Gasteiger partial charge in [-0.15, -0.1) is 0 Å². The molecule has 1 aliphatic carbocycles. The molecule has 2 heteroatoms. The first kappa shape index (κ1) is 13.4. The fourth-order valence-electron chi connectivity index (χ4n) is 4.12. The molecular formula is C15H30N2. The van der Waals surface area contributed by atoms with Gasteiger partial charge in [0.15, 0.2) is 0 Å². The lowest BCUT2D eigenvalue weighted by atomic mass is 9.87. The summed E-state index contributed by atoms with van der Waals surface area (Å²) in [5.41, 5.74) is 6.99.